The van der Waals surface area contributed by atoms with Crippen LogP contribution in [0.15, 0.2) is 30.3 Å². The third kappa shape index (κ3) is 5.42. The molecule has 0 aliphatic heterocycles. The van der Waals surface area contributed by atoms with Gasteiger partial charge >= 0.3 is 5.97 Å². The van der Waals surface area contributed by atoms with Crippen molar-refractivity contribution in [2.45, 2.75) is 27.2 Å². The van der Waals surface area contributed by atoms with E-state index in [1.807, 2.05) is 31.2 Å². The fraction of sp³-hybridized carbons (Fsp3) is 0.316. The largest absolute Gasteiger partial charge is 0.493 e. The van der Waals surface area contributed by atoms with E-state index in [4.69, 9.17) is 9.47 Å². The Bertz CT molecular complexity index is 799. The molecule has 0 spiro atoms. The van der Waals surface area contributed by atoms with E-state index in [0.29, 0.717) is 28.9 Å². The lowest BCUT2D eigenvalue weighted by molar-refractivity contribution is -0.111. The number of benzene rings is 1. The number of hydrogen-bond donors (Lipinski definition) is 1. The average Bonchev–Trinajstić information content (AvgIpc) is 2.99. The van der Waals surface area contributed by atoms with E-state index in [0.717, 1.165) is 29.1 Å². The molecule has 0 fully saturated rings. The predicted octanol–water partition coefficient (Wildman–Crippen LogP) is 4.07. The van der Waals surface area contributed by atoms with Gasteiger partial charge in [0.05, 0.1) is 18.9 Å². The second-order valence-electron chi connectivity index (χ2n) is 5.36. The molecule has 1 amide bonds. The molecule has 0 aliphatic carbocycles. The Balaban J connectivity index is 2.04. The van der Waals surface area contributed by atoms with Gasteiger partial charge in [0.15, 0.2) is 5.13 Å². The smallest absolute Gasteiger partial charge is 0.350 e. The van der Waals surface area contributed by atoms with Crippen molar-refractivity contribution in [2.75, 3.05) is 18.5 Å². The number of carbonyl (C=O) groups is 2. The molecule has 26 heavy (non-hydrogen) atoms. The number of para-hydroxylation sites is 1. The number of aromatic nitrogens is 1. The first-order valence-corrected chi connectivity index (χ1v) is 9.22. The number of amides is 1. The van der Waals surface area contributed by atoms with Gasteiger partial charge in [0.25, 0.3) is 0 Å². The monoisotopic (exact) mass is 374 g/mol. The van der Waals surface area contributed by atoms with Crippen molar-refractivity contribution >= 4 is 34.4 Å². The normalized spacial score (nSPS) is 10.7. The van der Waals surface area contributed by atoms with Gasteiger partial charge in [-0.15, -0.1) is 0 Å². The molecule has 0 aliphatic rings. The average molecular weight is 374 g/mol. The Morgan fingerprint density at radius 3 is 2.77 bits per heavy atom. The number of thiazole rings is 1. The highest BCUT2D eigenvalue weighted by Crippen LogP contribution is 2.24. The van der Waals surface area contributed by atoms with Crippen molar-refractivity contribution in [2.24, 2.45) is 0 Å². The summed E-state index contributed by atoms with van der Waals surface area (Å²) in [4.78, 5) is 28.5. The molecule has 1 heterocycles. The van der Waals surface area contributed by atoms with Gasteiger partial charge in [-0.05, 0) is 32.4 Å². The zero-order valence-electron chi connectivity index (χ0n) is 15.1. The SMILES string of the molecule is CCCOc1ccccc1/C=C/C(=O)Nc1nc(C)c(C(=O)OCC)s1. The summed E-state index contributed by atoms with van der Waals surface area (Å²) in [7, 11) is 0. The lowest BCUT2D eigenvalue weighted by Gasteiger charge is -2.07. The summed E-state index contributed by atoms with van der Waals surface area (Å²) in [5.41, 5.74) is 1.35. The van der Waals surface area contributed by atoms with Gasteiger partial charge in [-0.25, -0.2) is 9.78 Å². The van der Waals surface area contributed by atoms with Crippen molar-refractivity contribution in [3.05, 3.63) is 46.5 Å². The standard InChI is InChI=1S/C19H22N2O4S/c1-4-12-25-15-9-7-6-8-14(15)10-11-16(22)21-19-20-13(3)17(26-19)18(23)24-5-2/h6-11H,4-5,12H2,1-3H3,(H,20,21,22)/b11-10+. The van der Waals surface area contributed by atoms with Crippen molar-refractivity contribution in [1.29, 1.82) is 0 Å². The number of nitrogens with zero attached hydrogens (tertiary/aromatic N) is 1. The Kier molecular flexibility index (Phi) is 7.35. The van der Waals surface area contributed by atoms with Gasteiger partial charge in [-0.3, -0.25) is 10.1 Å². The summed E-state index contributed by atoms with van der Waals surface area (Å²) in [5, 5.41) is 3.02. The zero-order valence-corrected chi connectivity index (χ0v) is 15.9. The molecule has 0 saturated heterocycles. The molecule has 1 N–H and O–H groups in total. The minimum atomic E-state index is -0.430. The summed E-state index contributed by atoms with van der Waals surface area (Å²) in [6.45, 7) is 6.39. The third-order valence-electron chi connectivity index (χ3n) is 3.28. The summed E-state index contributed by atoms with van der Waals surface area (Å²) >= 11 is 1.10. The lowest BCUT2D eigenvalue weighted by Crippen LogP contribution is -2.07. The maximum Gasteiger partial charge on any atom is 0.350 e. The molecule has 2 aromatic rings. The summed E-state index contributed by atoms with van der Waals surface area (Å²) < 4.78 is 10.6. The van der Waals surface area contributed by atoms with E-state index < -0.39 is 5.97 Å². The van der Waals surface area contributed by atoms with Crippen LogP contribution in [0, 0.1) is 6.92 Å². The van der Waals surface area contributed by atoms with Crippen LogP contribution in [0.1, 0.15) is 41.2 Å². The van der Waals surface area contributed by atoms with Crippen LogP contribution in [0.5, 0.6) is 5.75 Å². The summed E-state index contributed by atoms with van der Waals surface area (Å²) in [6, 6.07) is 7.51. The molecule has 7 heteroatoms. The van der Waals surface area contributed by atoms with Crippen LogP contribution >= 0.6 is 11.3 Å². The van der Waals surface area contributed by atoms with Crippen molar-refractivity contribution in [3.8, 4) is 5.75 Å². The molecule has 0 bridgehead atoms. The molecule has 138 valence electrons. The zero-order chi connectivity index (χ0) is 18.9. The van der Waals surface area contributed by atoms with Gasteiger partial charge in [0.1, 0.15) is 10.6 Å². The first-order valence-electron chi connectivity index (χ1n) is 8.40. The summed E-state index contributed by atoms with van der Waals surface area (Å²) in [6.07, 6.45) is 4.01. The van der Waals surface area contributed by atoms with Crippen LogP contribution in [0.25, 0.3) is 6.08 Å². The van der Waals surface area contributed by atoms with Gasteiger partial charge in [0.2, 0.25) is 5.91 Å². The summed E-state index contributed by atoms with van der Waals surface area (Å²) in [5.74, 6) is -0.0342. The minimum absolute atomic E-state index is 0.292. The Morgan fingerprint density at radius 1 is 1.27 bits per heavy atom. The molecule has 6 nitrogen and oxygen atoms in total. The quantitative estimate of drug-likeness (QED) is 0.557. The van der Waals surface area contributed by atoms with E-state index in [-0.39, 0.29) is 5.91 Å². The molecule has 0 radical (unpaired) electrons. The van der Waals surface area contributed by atoms with Gasteiger partial charge < -0.3 is 9.47 Å². The highest BCUT2D eigenvalue weighted by Gasteiger charge is 2.17. The predicted molar refractivity (Wildman–Crippen MR) is 103 cm³/mol. The first kappa shape index (κ1) is 19.7. The second kappa shape index (κ2) is 9.72. The van der Waals surface area contributed by atoms with E-state index in [2.05, 4.69) is 10.3 Å². The van der Waals surface area contributed by atoms with Crippen LogP contribution < -0.4 is 10.1 Å². The molecule has 0 atom stereocenters. The molecule has 2 rings (SSSR count). The van der Waals surface area contributed by atoms with Crippen LogP contribution in [0.3, 0.4) is 0 Å². The third-order valence-corrected chi connectivity index (χ3v) is 4.34. The number of rotatable bonds is 8. The number of ether oxygens (including phenoxy) is 2. The fourth-order valence-electron chi connectivity index (χ4n) is 2.11. The maximum absolute atomic E-state index is 12.1. The van der Waals surface area contributed by atoms with Crippen LogP contribution in [0.4, 0.5) is 5.13 Å². The number of carbonyl (C=O) groups excluding carboxylic acids is 2. The van der Waals surface area contributed by atoms with Gasteiger partial charge in [-0.1, -0.05) is 36.5 Å². The Labute approximate surface area is 156 Å². The number of aryl methyl sites for hydroxylation is 1. The number of hydrogen-bond acceptors (Lipinski definition) is 6. The molecular formula is C19H22N2O4S. The molecule has 1 aromatic carbocycles. The van der Waals surface area contributed by atoms with Crippen LogP contribution in [-0.4, -0.2) is 30.1 Å². The Morgan fingerprint density at radius 2 is 2.04 bits per heavy atom. The van der Waals surface area contributed by atoms with Crippen molar-refractivity contribution in [3.63, 3.8) is 0 Å². The second-order valence-corrected chi connectivity index (χ2v) is 6.36. The van der Waals surface area contributed by atoms with Crippen LogP contribution in [0.2, 0.25) is 0 Å². The van der Waals surface area contributed by atoms with Crippen molar-refractivity contribution < 1.29 is 19.1 Å². The molecule has 0 saturated carbocycles. The topological polar surface area (TPSA) is 77.5 Å². The molecular weight excluding hydrogens is 352 g/mol. The number of nitrogens with one attached hydrogen (secondary N) is 1. The fourth-order valence-corrected chi connectivity index (χ4v) is 2.97. The van der Waals surface area contributed by atoms with E-state index >= 15 is 0 Å². The van der Waals surface area contributed by atoms with E-state index in [1.165, 1.54) is 6.08 Å². The van der Waals surface area contributed by atoms with Gasteiger partial charge in [-0.2, -0.15) is 0 Å². The molecule has 0 unspecified atom stereocenters. The van der Waals surface area contributed by atoms with Crippen LogP contribution in [-0.2, 0) is 9.53 Å². The molecule has 1 aromatic heterocycles. The minimum Gasteiger partial charge on any atom is -0.493 e. The Hall–Kier alpha value is -2.67. The number of esters is 1. The number of anilines is 1. The highest BCUT2D eigenvalue weighted by atomic mass is 32.1. The van der Waals surface area contributed by atoms with E-state index in [9.17, 15) is 9.59 Å². The van der Waals surface area contributed by atoms with Gasteiger partial charge in [0, 0.05) is 11.6 Å². The first-order chi connectivity index (χ1) is 12.5. The van der Waals surface area contributed by atoms with Crippen molar-refractivity contribution in [1.82, 2.24) is 4.98 Å². The highest BCUT2D eigenvalue weighted by molar-refractivity contribution is 7.17. The lowest BCUT2D eigenvalue weighted by atomic mass is 10.2. The maximum atomic E-state index is 12.1. The van der Waals surface area contributed by atoms with E-state index in [1.54, 1.807) is 19.9 Å².